The van der Waals surface area contributed by atoms with Crippen LogP contribution in [0.5, 0.6) is 5.75 Å². The van der Waals surface area contributed by atoms with Gasteiger partial charge in [-0.1, -0.05) is 29.8 Å². The van der Waals surface area contributed by atoms with Crippen molar-refractivity contribution in [3.63, 3.8) is 0 Å². The fourth-order valence-corrected chi connectivity index (χ4v) is 3.89. The minimum atomic E-state index is -3.81. The first-order chi connectivity index (χ1) is 10.9. The van der Waals surface area contributed by atoms with Gasteiger partial charge in [0.05, 0.1) is 17.1 Å². The van der Waals surface area contributed by atoms with Gasteiger partial charge < -0.3 is 10.5 Å². The number of amides is 1. The summed E-state index contributed by atoms with van der Waals surface area (Å²) in [7, 11) is -3.81. The lowest BCUT2D eigenvalue weighted by Crippen LogP contribution is -2.49. The topological polar surface area (TPSA) is 89.7 Å². The Hall–Kier alpha value is -2.54. The number of para-hydroxylation sites is 2. The first-order valence-electron chi connectivity index (χ1n) is 7.04. The highest BCUT2D eigenvalue weighted by molar-refractivity contribution is 7.92. The molecule has 1 amide bonds. The van der Waals surface area contributed by atoms with Crippen molar-refractivity contribution in [2.75, 3.05) is 10.8 Å². The van der Waals surface area contributed by atoms with E-state index in [0.29, 0.717) is 11.4 Å². The van der Waals surface area contributed by atoms with E-state index in [1.54, 1.807) is 48.5 Å². The highest BCUT2D eigenvalue weighted by atomic mass is 32.2. The van der Waals surface area contributed by atoms with Gasteiger partial charge in [0.15, 0.2) is 6.10 Å². The second-order valence-corrected chi connectivity index (χ2v) is 7.19. The first-order valence-corrected chi connectivity index (χ1v) is 8.48. The molecule has 120 valence electrons. The van der Waals surface area contributed by atoms with Crippen LogP contribution in [0.1, 0.15) is 5.56 Å². The number of sulfonamides is 1. The van der Waals surface area contributed by atoms with Gasteiger partial charge in [-0.3, -0.25) is 9.10 Å². The molecule has 0 fully saturated rings. The molecule has 2 aromatic rings. The third-order valence-corrected chi connectivity index (χ3v) is 5.46. The van der Waals surface area contributed by atoms with Crippen molar-refractivity contribution in [3.05, 3.63) is 54.1 Å². The van der Waals surface area contributed by atoms with Crippen LogP contribution in [0.15, 0.2) is 53.4 Å². The van der Waals surface area contributed by atoms with E-state index in [0.717, 1.165) is 5.56 Å². The molecule has 3 rings (SSSR count). The molecule has 0 saturated carbocycles. The summed E-state index contributed by atoms with van der Waals surface area (Å²) >= 11 is 0. The van der Waals surface area contributed by atoms with Crippen LogP contribution in [0, 0.1) is 6.92 Å². The second-order valence-electron chi connectivity index (χ2n) is 5.33. The summed E-state index contributed by atoms with van der Waals surface area (Å²) in [5.41, 5.74) is 6.66. The predicted octanol–water partition coefficient (Wildman–Crippen LogP) is 1.44. The SMILES string of the molecule is Cc1ccc(S(=O)(=O)N2C[C@@H](C(N)=O)Oc3ccccc32)cc1. The largest absolute Gasteiger partial charge is 0.476 e. The van der Waals surface area contributed by atoms with E-state index in [1.165, 1.54) is 4.31 Å². The quantitative estimate of drug-likeness (QED) is 0.921. The summed E-state index contributed by atoms with van der Waals surface area (Å²) in [4.78, 5) is 11.6. The lowest BCUT2D eigenvalue weighted by atomic mass is 10.2. The number of primary amides is 1. The average molecular weight is 332 g/mol. The maximum atomic E-state index is 12.9. The number of hydrogen-bond donors (Lipinski definition) is 1. The van der Waals surface area contributed by atoms with Gasteiger partial charge in [-0.2, -0.15) is 0 Å². The molecule has 0 bridgehead atoms. The lowest BCUT2D eigenvalue weighted by molar-refractivity contribution is -0.124. The van der Waals surface area contributed by atoms with Gasteiger partial charge in [-0.25, -0.2) is 8.42 Å². The smallest absolute Gasteiger partial charge is 0.264 e. The zero-order valence-electron chi connectivity index (χ0n) is 12.5. The average Bonchev–Trinajstić information content (AvgIpc) is 2.54. The summed E-state index contributed by atoms with van der Waals surface area (Å²) in [5.74, 6) is -0.387. The van der Waals surface area contributed by atoms with Crippen LogP contribution >= 0.6 is 0 Å². The highest BCUT2D eigenvalue weighted by Crippen LogP contribution is 2.36. The minimum Gasteiger partial charge on any atom is -0.476 e. The Labute approximate surface area is 134 Å². The van der Waals surface area contributed by atoms with Crippen LogP contribution in [-0.4, -0.2) is 27.0 Å². The molecule has 0 saturated heterocycles. The minimum absolute atomic E-state index is 0.150. The van der Waals surface area contributed by atoms with E-state index in [4.69, 9.17) is 10.5 Å². The molecule has 0 aromatic heterocycles. The van der Waals surface area contributed by atoms with Gasteiger partial charge in [0, 0.05) is 0 Å². The van der Waals surface area contributed by atoms with E-state index in [-0.39, 0.29) is 11.4 Å². The Bertz CT molecular complexity index is 847. The van der Waals surface area contributed by atoms with Crippen molar-refractivity contribution in [3.8, 4) is 5.75 Å². The van der Waals surface area contributed by atoms with Crippen LogP contribution in [0.25, 0.3) is 0 Å². The van der Waals surface area contributed by atoms with Gasteiger partial charge in [-0.15, -0.1) is 0 Å². The van der Waals surface area contributed by atoms with Crippen molar-refractivity contribution in [1.82, 2.24) is 0 Å². The number of ether oxygens (including phenoxy) is 1. The zero-order valence-corrected chi connectivity index (χ0v) is 13.3. The van der Waals surface area contributed by atoms with Gasteiger partial charge >= 0.3 is 0 Å². The number of fused-ring (bicyclic) bond motifs is 1. The van der Waals surface area contributed by atoms with Gasteiger partial charge in [-0.05, 0) is 31.2 Å². The molecule has 23 heavy (non-hydrogen) atoms. The van der Waals surface area contributed by atoms with Crippen LogP contribution in [0.4, 0.5) is 5.69 Å². The third kappa shape index (κ3) is 2.75. The maximum absolute atomic E-state index is 12.9. The Kier molecular flexibility index (Phi) is 3.73. The molecule has 1 aliphatic rings. The summed E-state index contributed by atoms with van der Waals surface area (Å²) in [5, 5.41) is 0. The van der Waals surface area contributed by atoms with Gasteiger partial charge in [0.2, 0.25) is 0 Å². The number of nitrogens with two attached hydrogens (primary N) is 1. The van der Waals surface area contributed by atoms with E-state index >= 15 is 0 Å². The maximum Gasteiger partial charge on any atom is 0.264 e. The van der Waals surface area contributed by atoms with E-state index in [2.05, 4.69) is 0 Å². The predicted molar refractivity (Wildman–Crippen MR) is 85.8 cm³/mol. The summed E-state index contributed by atoms with van der Waals surface area (Å²) in [6.45, 7) is 1.73. The van der Waals surface area contributed by atoms with Crippen molar-refractivity contribution in [2.45, 2.75) is 17.9 Å². The third-order valence-electron chi connectivity index (χ3n) is 3.66. The molecule has 7 heteroatoms. The van der Waals surface area contributed by atoms with Crippen LogP contribution < -0.4 is 14.8 Å². The Morgan fingerprint density at radius 2 is 1.83 bits per heavy atom. The number of carbonyl (C=O) groups excluding carboxylic acids is 1. The molecular formula is C16H16N2O4S. The number of hydrogen-bond acceptors (Lipinski definition) is 4. The number of rotatable bonds is 3. The van der Waals surface area contributed by atoms with Crippen LogP contribution in [0.2, 0.25) is 0 Å². The fraction of sp³-hybridized carbons (Fsp3) is 0.188. The van der Waals surface area contributed by atoms with Crippen molar-refractivity contribution in [1.29, 1.82) is 0 Å². The van der Waals surface area contributed by atoms with Crippen molar-refractivity contribution >= 4 is 21.6 Å². The summed E-state index contributed by atoms with van der Waals surface area (Å²) in [6, 6.07) is 13.2. The van der Waals surface area contributed by atoms with Gasteiger partial charge in [0.1, 0.15) is 5.75 Å². The second kappa shape index (κ2) is 5.58. The van der Waals surface area contributed by atoms with Crippen molar-refractivity contribution in [2.24, 2.45) is 5.73 Å². The van der Waals surface area contributed by atoms with E-state index < -0.39 is 22.0 Å². The number of benzene rings is 2. The molecule has 0 spiro atoms. The standard InChI is InChI=1S/C16H16N2O4S/c1-11-6-8-12(9-7-11)23(20,21)18-10-15(16(17)19)22-14-5-3-2-4-13(14)18/h2-9,15H,10H2,1H3,(H2,17,19)/t15-/m0/s1. The number of carbonyl (C=O) groups is 1. The molecule has 0 unspecified atom stereocenters. The molecular weight excluding hydrogens is 316 g/mol. The Morgan fingerprint density at radius 1 is 1.17 bits per heavy atom. The lowest BCUT2D eigenvalue weighted by Gasteiger charge is -2.34. The molecule has 0 aliphatic carbocycles. The normalized spacial score (nSPS) is 17.3. The molecule has 6 nitrogen and oxygen atoms in total. The first kappa shape index (κ1) is 15.4. The molecule has 1 aliphatic heterocycles. The van der Waals surface area contributed by atoms with Crippen LogP contribution in [-0.2, 0) is 14.8 Å². The number of aryl methyl sites for hydroxylation is 1. The molecule has 0 radical (unpaired) electrons. The zero-order chi connectivity index (χ0) is 16.6. The molecule has 2 aromatic carbocycles. The van der Waals surface area contributed by atoms with Crippen LogP contribution in [0.3, 0.4) is 0 Å². The van der Waals surface area contributed by atoms with E-state index in [9.17, 15) is 13.2 Å². The van der Waals surface area contributed by atoms with Gasteiger partial charge in [0.25, 0.3) is 15.9 Å². The van der Waals surface area contributed by atoms with E-state index in [1.807, 2.05) is 6.92 Å². The Balaban J connectivity index is 2.10. The molecule has 1 atom stereocenters. The Morgan fingerprint density at radius 3 is 2.48 bits per heavy atom. The number of nitrogens with zero attached hydrogens (tertiary/aromatic N) is 1. The fourth-order valence-electron chi connectivity index (χ4n) is 2.42. The molecule has 1 heterocycles. The summed E-state index contributed by atoms with van der Waals surface area (Å²) in [6.07, 6.45) is -1.02. The highest BCUT2D eigenvalue weighted by Gasteiger charge is 2.36. The number of anilines is 1. The molecule has 2 N–H and O–H groups in total. The van der Waals surface area contributed by atoms with Crippen molar-refractivity contribution < 1.29 is 17.9 Å². The summed E-state index contributed by atoms with van der Waals surface area (Å²) < 4.78 is 32.6. The monoisotopic (exact) mass is 332 g/mol.